The summed E-state index contributed by atoms with van der Waals surface area (Å²) in [4.78, 5) is 11.5. The van der Waals surface area contributed by atoms with Gasteiger partial charge in [-0.1, -0.05) is 104 Å². The van der Waals surface area contributed by atoms with Crippen molar-refractivity contribution in [1.29, 1.82) is 0 Å². The van der Waals surface area contributed by atoms with E-state index in [9.17, 15) is 4.79 Å². The first-order valence-electron chi connectivity index (χ1n) is 20.2. The maximum Gasteiger partial charge on any atom is 0.305 e. The van der Waals surface area contributed by atoms with Crippen LogP contribution < -0.4 is 0 Å². The van der Waals surface area contributed by atoms with Gasteiger partial charge < -0.3 is 47.4 Å². The fraction of sp³-hybridized carbons (Fsp3) is 0.974. The van der Waals surface area contributed by atoms with Crippen molar-refractivity contribution in [2.75, 3.05) is 126 Å². The zero-order valence-electron chi connectivity index (χ0n) is 32.4. The normalized spacial score (nSPS) is 11.5. The lowest BCUT2D eigenvalue weighted by molar-refractivity contribution is -0.145. The van der Waals surface area contributed by atoms with Crippen molar-refractivity contribution in [1.82, 2.24) is 0 Å². The third-order valence-electron chi connectivity index (χ3n) is 7.84. The summed E-state index contributed by atoms with van der Waals surface area (Å²) in [6.45, 7) is 14.4. The van der Waals surface area contributed by atoms with Crippen molar-refractivity contribution in [3.05, 3.63) is 0 Å². The Morgan fingerprint density at radius 1 is 0.280 bits per heavy atom. The predicted octanol–water partition coefficient (Wildman–Crippen LogP) is 7.35. The van der Waals surface area contributed by atoms with Gasteiger partial charge >= 0.3 is 5.97 Å². The number of unbranched alkanes of at least 4 members (excludes halogenated alkanes) is 14. The molecule has 0 unspecified atom stereocenters. The zero-order valence-corrected chi connectivity index (χ0v) is 32.4. The van der Waals surface area contributed by atoms with E-state index in [1.54, 1.807) is 0 Å². The molecular formula is C39H78O11. The van der Waals surface area contributed by atoms with Crippen LogP contribution in [0.3, 0.4) is 0 Å². The molecule has 0 aromatic heterocycles. The molecule has 0 aliphatic carbocycles. The van der Waals surface area contributed by atoms with Crippen LogP contribution in [0.15, 0.2) is 0 Å². The summed E-state index contributed by atoms with van der Waals surface area (Å²) in [6, 6.07) is 0. The maximum absolute atomic E-state index is 11.5. The highest BCUT2D eigenvalue weighted by atomic mass is 16.6. The largest absolute Gasteiger partial charge is 0.463 e. The van der Waals surface area contributed by atoms with Crippen LogP contribution in [0, 0.1) is 0 Å². The Morgan fingerprint density at radius 3 is 0.840 bits per heavy atom. The zero-order chi connectivity index (χ0) is 36.1. The molecule has 0 aromatic carbocycles. The Morgan fingerprint density at radius 2 is 0.520 bits per heavy atom. The highest BCUT2D eigenvalue weighted by Crippen LogP contribution is 2.12. The number of carbonyl (C=O) groups excluding carboxylic acids is 1. The molecule has 0 aliphatic rings. The second-order valence-electron chi connectivity index (χ2n) is 12.4. The van der Waals surface area contributed by atoms with E-state index in [1.165, 1.54) is 77.0 Å². The molecule has 0 spiro atoms. The minimum Gasteiger partial charge on any atom is -0.463 e. The van der Waals surface area contributed by atoms with Gasteiger partial charge in [-0.2, -0.15) is 0 Å². The lowest BCUT2D eigenvalue weighted by Gasteiger charge is -2.09. The molecule has 0 atom stereocenters. The topological polar surface area (TPSA) is 109 Å². The Kier molecular flexibility index (Phi) is 45.3. The second kappa shape index (κ2) is 46.1. The van der Waals surface area contributed by atoms with Crippen LogP contribution in [0.4, 0.5) is 0 Å². The smallest absolute Gasteiger partial charge is 0.305 e. The molecule has 0 fully saturated rings. The number of ether oxygens (including phenoxy) is 10. The number of rotatable bonds is 45. The SMILES string of the molecule is CCCCCCCCCCCCCCCOCCOCCOCCOCCOCCOCCOCCOCCOCCOC(=O)CCCCC. The highest BCUT2D eigenvalue weighted by Gasteiger charge is 2.02. The van der Waals surface area contributed by atoms with E-state index in [4.69, 9.17) is 47.4 Å². The minimum atomic E-state index is -0.154. The van der Waals surface area contributed by atoms with Gasteiger partial charge in [0.2, 0.25) is 0 Å². The lowest BCUT2D eigenvalue weighted by atomic mass is 10.0. The summed E-state index contributed by atoms with van der Waals surface area (Å²) < 4.78 is 54.7. The molecule has 11 heteroatoms. The summed E-state index contributed by atoms with van der Waals surface area (Å²) >= 11 is 0. The summed E-state index contributed by atoms with van der Waals surface area (Å²) in [5.41, 5.74) is 0. The van der Waals surface area contributed by atoms with Crippen molar-refractivity contribution in [3.8, 4) is 0 Å². The van der Waals surface area contributed by atoms with Gasteiger partial charge in [0.05, 0.1) is 112 Å². The molecule has 0 heterocycles. The lowest BCUT2D eigenvalue weighted by Crippen LogP contribution is -2.15. The predicted molar refractivity (Wildman–Crippen MR) is 198 cm³/mol. The quantitative estimate of drug-likeness (QED) is 0.0465. The first-order valence-corrected chi connectivity index (χ1v) is 20.2. The Bertz CT molecular complexity index is 627. The molecule has 0 amide bonds. The first kappa shape index (κ1) is 49.1. The Labute approximate surface area is 306 Å². The van der Waals surface area contributed by atoms with Gasteiger partial charge in [0.1, 0.15) is 6.61 Å². The maximum atomic E-state index is 11.5. The van der Waals surface area contributed by atoms with Gasteiger partial charge in [-0.15, -0.1) is 0 Å². The van der Waals surface area contributed by atoms with E-state index in [0.29, 0.717) is 119 Å². The first-order chi connectivity index (χ1) is 24.8. The molecule has 0 saturated heterocycles. The van der Waals surface area contributed by atoms with Gasteiger partial charge in [0.25, 0.3) is 0 Å². The molecule has 300 valence electrons. The van der Waals surface area contributed by atoms with Crippen molar-refractivity contribution in [2.45, 2.75) is 123 Å². The monoisotopic (exact) mass is 723 g/mol. The summed E-state index contributed by atoms with van der Waals surface area (Å²) in [6.07, 6.45) is 21.3. The summed E-state index contributed by atoms with van der Waals surface area (Å²) in [5.74, 6) is -0.154. The molecule has 0 rings (SSSR count). The fourth-order valence-corrected chi connectivity index (χ4v) is 4.89. The van der Waals surface area contributed by atoms with Gasteiger partial charge in [0.15, 0.2) is 0 Å². The van der Waals surface area contributed by atoms with Crippen molar-refractivity contribution < 1.29 is 52.2 Å². The van der Waals surface area contributed by atoms with E-state index in [-0.39, 0.29) is 12.6 Å². The van der Waals surface area contributed by atoms with E-state index in [2.05, 4.69) is 13.8 Å². The van der Waals surface area contributed by atoms with Crippen LogP contribution in [-0.4, -0.2) is 132 Å². The van der Waals surface area contributed by atoms with E-state index < -0.39 is 0 Å². The third kappa shape index (κ3) is 45.1. The molecule has 0 radical (unpaired) electrons. The molecule has 0 saturated carbocycles. The highest BCUT2D eigenvalue weighted by molar-refractivity contribution is 5.69. The summed E-state index contributed by atoms with van der Waals surface area (Å²) in [7, 11) is 0. The molecule has 50 heavy (non-hydrogen) atoms. The minimum absolute atomic E-state index is 0.154. The van der Waals surface area contributed by atoms with Gasteiger partial charge in [-0.3, -0.25) is 4.79 Å². The Balaban J connectivity index is 3.07. The van der Waals surface area contributed by atoms with Crippen LogP contribution in [0.2, 0.25) is 0 Å². The average molecular weight is 723 g/mol. The standard InChI is InChI=1S/C39H78O11/c1-3-5-7-8-9-10-11-12-13-14-15-16-18-20-41-21-22-42-23-24-43-25-26-44-27-28-45-29-30-46-31-32-47-33-34-48-35-36-49-37-38-50-39(40)19-17-6-4-2/h3-38H2,1-2H3. The molecule has 0 N–H and O–H groups in total. The molecule has 0 aliphatic heterocycles. The van der Waals surface area contributed by atoms with E-state index in [1.807, 2.05) is 0 Å². The number of carbonyl (C=O) groups is 1. The van der Waals surface area contributed by atoms with Crippen LogP contribution in [0.5, 0.6) is 0 Å². The molecule has 11 nitrogen and oxygen atoms in total. The van der Waals surface area contributed by atoms with Gasteiger partial charge in [-0.05, 0) is 12.8 Å². The number of hydrogen-bond donors (Lipinski definition) is 0. The van der Waals surface area contributed by atoms with Crippen LogP contribution >= 0.6 is 0 Å². The van der Waals surface area contributed by atoms with E-state index in [0.717, 1.165) is 32.3 Å². The molecule has 0 aromatic rings. The average Bonchev–Trinajstić information content (AvgIpc) is 3.12. The third-order valence-corrected chi connectivity index (χ3v) is 7.84. The molecular weight excluding hydrogens is 644 g/mol. The van der Waals surface area contributed by atoms with E-state index >= 15 is 0 Å². The van der Waals surface area contributed by atoms with Crippen molar-refractivity contribution in [3.63, 3.8) is 0 Å². The van der Waals surface area contributed by atoms with Crippen LogP contribution in [0.25, 0.3) is 0 Å². The van der Waals surface area contributed by atoms with Gasteiger partial charge in [-0.25, -0.2) is 0 Å². The van der Waals surface area contributed by atoms with Crippen LogP contribution in [0.1, 0.15) is 123 Å². The molecule has 0 bridgehead atoms. The second-order valence-corrected chi connectivity index (χ2v) is 12.4. The summed E-state index contributed by atoms with van der Waals surface area (Å²) in [5, 5.41) is 0. The number of hydrogen-bond acceptors (Lipinski definition) is 11. The van der Waals surface area contributed by atoms with Crippen molar-refractivity contribution in [2.24, 2.45) is 0 Å². The van der Waals surface area contributed by atoms with Crippen LogP contribution in [-0.2, 0) is 52.2 Å². The fourth-order valence-electron chi connectivity index (χ4n) is 4.89. The Hall–Kier alpha value is -0.890. The number of esters is 1. The van der Waals surface area contributed by atoms with Crippen molar-refractivity contribution >= 4 is 5.97 Å². The van der Waals surface area contributed by atoms with Gasteiger partial charge in [0, 0.05) is 13.0 Å².